The van der Waals surface area contributed by atoms with E-state index in [2.05, 4.69) is 25.7 Å². The Kier molecular flexibility index (Phi) is 4.80. The Morgan fingerprint density at radius 3 is 2.76 bits per heavy atom. The van der Waals surface area contributed by atoms with Crippen LogP contribution in [-0.4, -0.2) is 22.7 Å². The molecule has 0 bridgehead atoms. The zero-order valence-electron chi connectivity index (χ0n) is 8.91. The first kappa shape index (κ1) is 13.8. The number of halogens is 3. The Labute approximate surface area is 105 Å². The van der Waals surface area contributed by atoms with E-state index in [0.29, 0.717) is 0 Å². The molecule has 0 aromatic carbocycles. The predicted molar refractivity (Wildman–Crippen MR) is 59.4 cm³/mol. The van der Waals surface area contributed by atoms with Gasteiger partial charge in [0.05, 0.1) is 18.4 Å². The molecule has 0 aliphatic carbocycles. The Hall–Kier alpha value is -1.24. The van der Waals surface area contributed by atoms with Gasteiger partial charge >= 0.3 is 5.97 Å². The number of rotatable bonds is 4. The van der Waals surface area contributed by atoms with Gasteiger partial charge < -0.3 is 9.84 Å². The van der Waals surface area contributed by atoms with Crippen LogP contribution in [0.25, 0.3) is 0 Å². The first-order valence-corrected chi connectivity index (χ1v) is 5.87. The van der Waals surface area contributed by atoms with Crippen LogP contribution in [0.2, 0.25) is 0 Å². The minimum absolute atomic E-state index is 0.00652. The minimum Gasteiger partial charge on any atom is -0.506 e. The van der Waals surface area contributed by atoms with Crippen molar-refractivity contribution in [3.8, 4) is 5.75 Å². The highest BCUT2D eigenvalue weighted by Crippen LogP contribution is 2.32. The molecule has 4 nitrogen and oxygen atoms in total. The third-order valence-electron chi connectivity index (χ3n) is 2.03. The summed E-state index contributed by atoms with van der Waals surface area (Å²) in [6.07, 6.45) is -1.96. The second-order valence-corrected chi connectivity index (χ2v) is 3.60. The van der Waals surface area contributed by atoms with E-state index in [-0.39, 0.29) is 23.2 Å². The van der Waals surface area contributed by atoms with Crippen molar-refractivity contribution in [2.45, 2.75) is 18.7 Å². The second kappa shape index (κ2) is 5.90. The number of alkyl halides is 3. The van der Waals surface area contributed by atoms with E-state index in [4.69, 9.17) is 0 Å². The van der Waals surface area contributed by atoms with Crippen molar-refractivity contribution in [1.82, 2.24) is 4.98 Å². The van der Waals surface area contributed by atoms with Crippen molar-refractivity contribution in [2.24, 2.45) is 0 Å². The van der Waals surface area contributed by atoms with E-state index in [1.807, 2.05) is 0 Å². The number of carbonyl (C=O) groups is 1. The molecule has 1 aromatic heterocycles. The third-order valence-corrected chi connectivity index (χ3v) is 2.59. The van der Waals surface area contributed by atoms with E-state index < -0.39 is 23.7 Å². The van der Waals surface area contributed by atoms with E-state index in [1.165, 1.54) is 0 Å². The van der Waals surface area contributed by atoms with Gasteiger partial charge in [-0.3, -0.25) is 0 Å². The largest absolute Gasteiger partial charge is 0.506 e. The number of nitrogens with zero attached hydrogens (tertiary/aromatic N) is 1. The minimum atomic E-state index is -2.92. The number of pyridine rings is 1. The number of aromatic hydroxyl groups is 1. The average molecular weight is 310 g/mol. The van der Waals surface area contributed by atoms with Gasteiger partial charge in [-0.05, 0) is 6.92 Å². The highest BCUT2D eigenvalue weighted by atomic mass is 79.9. The fourth-order valence-electron chi connectivity index (χ4n) is 1.29. The van der Waals surface area contributed by atoms with Gasteiger partial charge in [0.15, 0.2) is 5.69 Å². The van der Waals surface area contributed by atoms with Gasteiger partial charge in [0, 0.05) is 10.9 Å². The summed E-state index contributed by atoms with van der Waals surface area (Å²) in [7, 11) is 0. The van der Waals surface area contributed by atoms with Crippen LogP contribution in [0, 0.1) is 0 Å². The van der Waals surface area contributed by atoms with Gasteiger partial charge in [-0.25, -0.2) is 18.6 Å². The normalized spacial score (nSPS) is 10.6. The molecule has 94 valence electrons. The molecule has 0 atom stereocenters. The smallest absolute Gasteiger partial charge is 0.357 e. The number of ether oxygens (including phenoxy) is 1. The van der Waals surface area contributed by atoms with Crippen molar-refractivity contribution in [3.05, 3.63) is 23.0 Å². The van der Waals surface area contributed by atoms with E-state index >= 15 is 0 Å². The standard InChI is InChI=1S/C10H10BrF2NO3/c1-2-17-10(16)8-7(9(12)13)5(3-11)6(15)4-14-8/h4,9,15H,2-3H2,1H3. The first-order chi connectivity index (χ1) is 8.02. The summed E-state index contributed by atoms with van der Waals surface area (Å²) >= 11 is 2.98. The third kappa shape index (κ3) is 2.91. The molecule has 1 rings (SSSR count). The first-order valence-electron chi connectivity index (χ1n) is 4.74. The molecular weight excluding hydrogens is 300 g/mol. The molecule has 0 spiro atoms. The number of carbonyl (C=O) groups excluding carboxylic acids is 1. The second-order valence-electron chi connectivity index (χ2n) is 3.04. The zero-order valence-corrected chi connectivity index (χ0v) is 10.5. The number of hydrogen-bond acceptors (Lipinski definition) is 4. The lowest BCUT2D eigenvalue weighted by Gasteiger charge is -2.12. The summed E-state index contributed by atoms with van der Waals surface area (Å²) in [6, 6.07) is 0. The molecule has 1 heterocycles. The number of aromatic nitrogens is 1. The van der Waals surface area contributed by atoms with E-state index in [9.17, 15) is 18.7 Å². The molecule has 0 aliphatic rings. The van der Waals surface area contributed by atoms with Crippen molar-refractivity contribution >= 4 is 21.9 Å². The molecule has 0 unspecified atom stereocenters. The van der Waals surface area contributed by atoms with Crippen LogP contribution in [0.3, 0.4) is 0 Å². The van der Waals surface area contributed by atoms with Crippen molar-refractivity contribution < 1.29 is 23.4 Å². The molecule has 1 aromatic rings. The summed E-state index contributed by atoms with van der Waals surface area (Å²) < 4.78 is 30.4. The average Bonchev–Trinajstić information content (AvgIpc) is 2.28. The van der Waals surface area contributed by atoms with Crippen LogP contribution in [0.15, 0.2) is 6.20 Å². The highest BCUT2D eigenvalue weighted by molar-refractivity contribution is 9.08. The molecule has 1 N–H and O–H groups in total. The van der Waals surface area contributed by atoms with Crippen LogP contribution >= 0.6 is 15.9 Å². The summed E-state index contributed by atoms with van der Waals surface area (Å²) in [5.41, 5.74) is -1.12. The SMILES string of the molecule is CCOC(=O)c1ncc(O)c(CBr)c1C(F)F. The Balaban J connectivity index is 3.35. The van der Waals surface area contributed by atoms with Crippen LogP contribution < -0.4 is 0 Å². The van der Waals surface area contributed by atoms with Gasteiger partial charge in [-0.15, -0.1) is 0 Å². The van der Waals surface area contributed by atoms with E-state index in [1.54, 1.807) is 6.92 Å². The summed E-state index contributed by atoms with van der Waals surface area (Å²) in [6.45, 7) is 1.62. The maximum absolute atomic E-state index is 12.9. The van der Waals surface area contributed by atoms with Crippen LogP contribution in [0.5, 0.6) is 5.75 Å². The molecule has 0 fully saturated rings. The Morgan fingerprint density at radius 1 is 1.65 bits per heavy atom. The Morgan fingerprint density at radius 2 is 2.29 bits per heavy atom. The van der Waals surface area contributed by atoms with E-state index in [0.717, 1.165) is 6.20 Å². The van der Waals surface area contributed by atoms with Gasteiger partial charge in [-0.2, -0.15) is 0 Å². The molecule has 17 heavy (non-hydrogen) atoms. The lowest BCUT2D eigenvalue weighted by atomic mass is 10.1. The van der Waals surface area contributed by atoms with Crippen molar-refractivity contribution in [2.75, 3.05) is 6.61 Å². The van der Waals surface area contributed by atoms with Crippen LogP contribution in [-0.2, 0) is 10.1 Å². The van der Waals surface area contributed by atoms with Gasteiger partial charge in [0.2, 0.25) is 0 Å². The van der Waals surface area contributed by atoms with Crippen LogP contribution in [0.4, 0.5) is 8.78 Å². The zero-order chi connectivity index (χ0) is 13.0. The summed E-state index contributed by atoms with van der Waals surface area (Å²) in [4.78, 5) is 14.9. The molecule has 0 saturated carbocycles. The lowest BCUT2D eigenvalue weighted by Crippen LogP contribution is -2.13. The highest BCUT2D eigenvalue weighted by Gasteiger charge is 2.26. The molecule has 0 radical (unpaired) electrons. The van der Waals surface area contributed by atoms with Gasteiger partial charge in [0.1, 0.15) is 5.75 Å². The topological polar surface area (TPSA) is 59.4 Å². The fourth-order valence-corrected chi connectivity index (χ4v) is 1.88. The quantitative estimate of drug-likeness (QED) is 0.686. The Bertz CT molecular complexity index is 426. The molecular formula is C10H10BrF2NO3. The fraction of sp³-hybridized carbons (Fsp3) is 0.400. The van der Waals surface area contributed by atoms with Crippen LogP contribution in [0.1, 0.15) is 35.0 Å². The summed E-state index contributed by atoms with van der Waals surface area (Å²) in [5, 5.41) is 9.39. The van der Waals surface area contributed by atoms with Gasteiger partial charge in [-0.1, -0.05) is 15.9 Å². The molecule has 0 saturated heterocycles. The summed E-state index contributed by atoms with van der Waals surface area (Å²) in [5.74, 6) is -1.31. The molecule has 7 heteroatoms. The number of hydrogen-bond donors (Lipinski definition) is 1. The molecule has 0 aliphatic heterocycles. The lowest BCUT2D eigenvalue weighted by molar-refractivity contribution is 0.0507. The molecule has 0 amide bonds. The number of esters is 1. The maximum atomic E-state index is 12.9. The van der Waals surface area contributed by atoms with Gasteiger partial charge in [0.25, 0.3) is 6.43 Å². The van der Waals surface area contributed by atoms with Crippen molar-refractivity contribution in [3.63, 3.8) is 0 Å². The van der Waals surface area contributed by atoms with Crippen molar-refractivity contribution in [1.29, 1.82) is 0 Å². The predicted octanol–water partition coefficient (Wildman–Crippen LogP) is 2.80. The maximum Gasteiger partial charge on any atom is 0.357 e. The monoisotopic (exact) mass is 309 g/mol.